The SMILES string of the molecule is CCn1cc(C(=O)O)c(=O)c2cc(F)c(N3CCN(C(c4cccc5ccccc45)c4nnnn4C4CCCCC4)CC3)cc21. The summed E-state index contributed by atoms with van der Waals surface area (Å²) in [5.41, 5.74) is 1.03. The molecule has 0 amide bonds. The number of fused-ring (bicyclic) bond motifs is 2. The number of aryl methyl sites for hydroxylation is 1. The predicted octanol–water partition coefficient (Wildman–Crippen LogP) is 5.42. The van der Waals surface area contributed by atoms with Gasteiger partial charge in [0.05, 0.1) is 23.3 Å². The van der Waals surface area contributed by atoms with Crippen LogP contribution in [0.5, 0.6) is 0 Å². The molecular formula is C34H36FN7O3. The number of halogens is 1. The molecule has 1 aliphatic heterocycles. The monoisotopic (exact) mass is 609 g/mol. The average molecular weight is 610 g/mol. The Bertz CT molecular complexity index is 1930. The van der Waals surface area contributed by atoms with Gasteiger partial charge >= 0.3 is 5.97 Å². The van der Waals surface area contributed by atoms with Crippen molar-refractivity contribution < 1.29 is 14.3 Å². The topological polar surface area (TPSA) is 109 Å². The molecule has 10 nitrogen and oxygen atoms in total. The summed E-state index contributed by atoms with van der Waals surface area (Å²) in [6.07, 6.45) is 7.05. The molecule has 45 heavy (non-hydrogen) atoms. The van der Waals surface area contributed by atoms with E-state index in [9.17, 15) is 14.7 Å². The summed E-state index contributed by atoms with van der Waals surface area (Å²) in [5.74, 6) is -1.02. The van der Waals surface area contributed by atoms with E-state index in [0.29, 0.717) is 43.9 Å². The molecule has 0 spiro atoms. The van der Waals surface area contributed by atoms with Crippen molar-refractivity contribution in [2.45, 2.75) is 57.7 Å². The average Bonchev–Trinajstić information content (AvgIpc) is 3.55. The first kappa shape index (κ1) is 29.1. The smallest absolute Gasteiger partial charge is 0.341 e. The van der Waals surface area contributed by atoms with Crippen LogP contribution in [-0.2, 0) is 6.54 Å². The number of carbonyl (C=O) groups is 1. The number of carboxylic acid groups (broad SMARTS) is 1. The number of pyridine rings is 1. The van der Waals surface area contributed by atoms with Crippen LogP contribution < -0.4 is 10.3 Å². The fraction of sp³-hybridized carbons (Fsp3) is 0.382. The number of nitrogens with zero attached hydrogens (tertiary/aromatic N) is 7. The molecule has 5 aromatic rings. The summed E-state index contributed by atoms with van der Waals surface area (Å²) in [6, 6.07) is 17.7. The summed E-state index contributed by atoms with van der Waals surface area (Å²) in [6.45, 7) is 4.70. The van der Waals surface area contributed by atoms with Crippen LogP contribution in [0.25, 0.3) is 21.7 Å². The van der Waals surface area contributed by atoms with Gasteiger partial charge < -0.3 is 14.6 Å². The molecule has 11 heteroatoms. The largest absolute Gasteiger partial charge is 0.477 e. The third-order valence-electron chi connectivity index (χ3n) is 9.54. The highest BCUT2D eigenvalue weighted by Crippen LogP contribution is 2.37. The summed E-state index contributed by atoms with van der Waals surface area (Å²) >= 11 is 0. The van der Waals surface area contributed by atoms with Crippen LogP contribution in [0.2, 0.25) is 0 Å². The summed E-state index contributed by atoms with van der Waals surface area (Å²) in [5, 5.41) is 25.2. The van der Waals surface area contributed by atoms with Crippen molar-refractivity contribution in [3.05, 3.63) is 93.8 Å². The molecule has 1 N–H and O–H groups in total. The van der Waals surface area contributed by atoms with E-state index in [1.54, 1.807) is 10.6 Å². The third-order valence-corrected chi connectivity index (χ3v) is 9.54. The first-order valence-electron chi connectivity index (χ1n) is 15.8. The van der Waals surface area contributed by atoms with E-state index in [1.807, 2.05) is 17.9 Å². The molecule has 1 saturated heterocycles. The standard InChI is InChI=1S/C34H36FN7O3/c1-2-39-21-27(34(44)45)32(43)26-19-28(35)30(20-29(26)39)40-15-17-41(18-16-40)31(25-14-8-10-22-9-6-7-13-24(22)25)33-36-37-38-42(33)23-11-4-3-5-12-23/h6-10,13-14,19-21,23,31H,2-5,11-12,15-18H2,1H3,(H,44,45). The second kappa shape index (κ2) is 12.0. The number of aromatic nitrogens is 5. The zero-order valence-corrected chi connectivity index (χ0v) is 25.3. The van der Waals surface area contributed by atoms with Crippen molar-refractivity contribution in [3.63, 3.8) is 0 Å². The Morgan fingerprint density at radius 2 is 1.76 bits per heavy atom. The van der Waals surface area contributed by atoms with E-state index in [4.69, 9.17) is 0 Å². The van der Waals surface area contributed by atoms with Gasteiger partial charge in [-0.05, 0) is 58.7 Å². The quantitative estimate of drug-likeness (QED) is 0.261. The Labute approximate surface area is 259 Å². The van der Waals surface area contributed by atoms with E-state index in [0.717, 1.165) is 35.0 Å². The first-order valence-corrected chi connectivity index (χ1v) is 15.8. The molecule has 1 aliphatic carbocycles. The molecule has 0 radical (unpaired) electrons. The summed E-state index contributed by atoms with van der Waals surface area (Å²) < 4.78 is 19.4. The lowest BCUT2D eigenvalue weighted by Crippen LogP contribution is -2.48. The molecule has 232 valence electrons. The fourth-order valence-electron chi connectivity index (χ4n) is 7.23. The Hall–Kier alpha value is -4.64. The Morgan fingerprint density at radius 1 is 1.00 bits per heavy atom. The number of carboxylic acids is 1. The molecule has 3 aromatic carbocycles. The second-order valence-electron chi connectivity index (χ2n) is 12.1. The van der Waals surface area contributed by atoms with Crippen LogP contribution in [0.4, 0.5) is 10.1 Å². The molecule has 1 unspecified atom stereocenters. The van der Waals surface area contributed by atoms with Crippen molar-refractivity contribution in [1.29, 1.82) is 0 Å². The number of piperazine rings is 1. The molecule has 0 bridgehead atoms. The summed E-state index contributed by atoms with van der Waals surface area (Å²) in [7, 11) is 0. The lowest BCUT2D eigenvalue weighted by molar-refractivity contribution is 0.0695. The number of rotatable bonds is 7. The van der Waals surface area contributed by atoms with E-state index < -0.39 is 17.2 Å². The highest BCUT2D eigenvalue weighted by atomic mass is 19.1. The van der Waals surface area contributed by atoms with Gasteiger partial charge in [0.25, 0.3) is 0 Å². The van der Waals surface area contributed by atoms with Gasteiger partial charge in [-0.15, -0.1) is 5.10 Å². The molecular weight excluding hydrogens is 573 g/mol. The highest BCUT2D eigenvalue weighted by Gasteiger charge is 2.34. The fourth-order valence-corrected chi connectivity index (χ4v) is 7.23. The van der Waals surface area contributed by atoms with Gasteiger partial charge in [-0.3, -0.25) is 9.69 Å². The van der Waals surface area contributed by atoms with Crippen molar-refractivity contribution >= 4 is 33.3 Å². The second-order valence-corrected chi connectivity index (χ2v) is 12.1. The normalized spacial score (nSPS) is 17.2. The van der Waals surface area contributed by atoms with Gasteiger partial charge in [-0.1, -0.05) is 61.7 Å². The maximum Gasteiger partial charge on any atom is 0.341 e. The van der Waals surface area contributed by atoms with Crippen molar-refractivity contribution in [3.8, 4) is 0 Å². The van der Waals surface area contributed by atoms with Crippen LogP contribution in [0.15, 0.2) is 65.6 Å². The van der Waals surface area contributed by atoms with Gasteiger partial charge in [0.15, 0.2) is 5.82 Å². The molecule has 7 rings (SSSR count). The van der Waals surface area contributed by atoms with Gasteiger partial charge in [0, 0.05) is 44.3 Å². The maximum atomic E-state index is 15.6. The Morgan fingerprint density at radius 3 is 2.51 bits per heavy atom. The minimum atomic E-state index is -1.32. The minimum Gasteiger partial charge on any atom is -0.477 e. The number of hydrogen-bond acceptors (Lipinski definition) is 7. The molecule has 2 fully saturated rings. The zero-order valence-electron chi connectivity index (χ0n) is 25.3. The van der Waals surface area contributed by atoms with E-state index >= 15 is 4.39 Å². The van der Waals surface area contributed by atoms with Crippen LogP contribution in [0.3, 0.4) is 0 Å². The van der Waals surface area contributed by atoms with Crippen LogP contribution in [0, 0.1) is 5.82 Å². The first-order chi connectivity index (χ1) is 21.9. The van der Waals surface area contributed by atoms with Gasteiger partial charge in [-0.25, -0.2) is 13.9 Å². The number of benzene rings is 3. The number of hydrogen-bond donors (Lipinski definition) is 1. The van der Waals surface area contributed by atoms with Gasteiger partial charge in [0.1, 0.15) is 11.4 Å². The maximum absolute atomic E-state index is 15.6. The minimum absolute atomic E-state index is 0.0715. The Kier molecular flexibility index (Phi) is 7.78. The van der Waals surface area contributed by atoms with Crippen LogP contribution in [-0.4, -0.2) is 66.9 Å². The Balaban J connectivity index is 1.24. The predicted molar refractivity (Wildman–Crippen MR) is 170 cm³/mol. The molecule has 2 aliphatic rings. The van der Waals surface area contributed by atoms with Crippen LogP contribution in [0.1, 0.15) is 72.9 Å². The third kappa shape index (κ3) is 5.24. The van der Waals surface area contributed by atoms with Gasteiger partial charge in [-0.2, -0.15) is 0 Å². The molecule has 1 atom stereocenters. The number of aromatic carboxylic acids is 1. The summed E-state index contributed by atoms with van der Waals surface area (Å²) in [4.78, 5) is 28.9. The van der Waals surface area contributed by atoms with Crippen molar-refractivity contribution in [2.24, 2.45) is 0 Å². The lowest BCUT2D eigenvalue weighted by atomic mass is 9.93. The molecule has 3 heterocycles. The van der Waals surface area contributed by atoms with Crippen LogP contribution >= 0.6 is 0 Å². The van der Waals surface area contributed by atoms with E-state index in [2.05, 4.69) is 61.5 Å². The zero-order chi connectivity index (χ0) is 31.1. The number of tetrazole rings is 1. The highest BCUT2D eigenvalue weighted by molar-refractivity contribution is 5.93. The van der Waals surface area contributed by atoms with Crippen molar-refractivity contribution in [1.82, 2.24) is 29.7 Å². The van der Waals surface area contributed by atoms with Gasteiger partial charge in [0.2, 0.25) is 5.43 Å². The molecule has 1 saturated carbocycles. The van der Waals surface area contributed by atoms with E-state index in [-0.39, 0.29) is 23.0 Å². The van der Waals surface area contributed by atoms with Crippen molar-refractivity contribution in [2.75, 3.05) is 31.1 Å². The lowest BCUT2D eigenvalue weighted by Gasteiger charge is -2.40. The van der Waals surface area contributed by atoms with E-state index in [1.165, 1.54) is 31.5 Å². The molecule has 2 aromatic heterocycles. The number of anilines is 1.